The minimum atomic E-state index is -0.245. The van der Waals surface area contributed by atoms with Crippen LogP contribution in [0.25, 0.3) is 0 Å². The Morgan fingerprint density at radius 3 is 2.52 bits per heavy atom. The molecule has 3 aromatic rings. The quantitative estimate of drug-likeness (QED) is 0.701. The van der Waals surface area contributed by atoms with Gasteiger partial charge in [-0.3, -0.25) is 4.79 Å². The van der Waals surface area contributed by atoms with Gasteiger partial charge in [-0.1, -0.05) is 15.9 Å². The van der Waals surface area contributed by atoms with E-state index in [9.17, 15) is 4.79 Å². The predicted octanol–water partition coefficient (Wildman–Crippen LogP) is 4.30. The Balaban J connectivity index is 1.59. The molecule has 0 unspecified atom stereocenters. The molecule has 3 rings (SSSR count). The number of aromatic nitrogens is 1. The van der Waals surface area contributed by atoms with Crippen LogP contribution >= 0.6 is 15.9 Å². The Morgan fingerprint density at radius 1 is 1.09 bits per heavy atom. The van der Waals surface area contributed by atoms with Crippen LogP contribution in [0.1, 0.15) is 16.2 Å². The maximum absolute atomic E-state index is 12.1. The van der Waals surface area contributed by atoms with Crippen molar-refractivity contribution >= 4 is 33.2 Å². The summed E-state index contributed by atoms with van der Waals surface area (Å²) in [6, 6.07) is 14.6. The summed E-state index contributed by atoms with van der Waals surface area (Å²) in [5, 5.41) is 5.98. The zero-order valence-electron chi connectivity index (χ0n) is 12.1. The average Bonchev–Trinajstić information content (AvgIpc) is 3.09. The third-order valence-corrected chi connectivity index (χ3v) is 3.67. The lowest BCUT2D eigenvalue weighted by molar-refractivity contribution is 0.102. The number of benzene rings is 1. The van der Waals surface area contributed by atoms with Gasteiger partial charge in [0, 0.05) is 10.2 Å². The summed E-state index contributed by atoms with van der Waals surface area (Å²) >= 11 is 3.35. The fraction of sp³-hybridized carbons (Fsp3) is 0.0588. The zero-order chi connectivity index (χ0) is 16.1. The van der Waals surface area contributed by atoms with Gasteiger partial charge >= 0.3 is 0 Å². The molecular formula is C17H14BrN3O2. The summed E-state index contributed by atoms with van der Waals surface area (Å²) in [5.41, 5.74) is 1.90. The molecule has 23 heavy (non-hydrogen) atoms. The summed E-state index contributed by atoms with van der Waals surface area (Å²) in [5.74, 6) is 0.590. The smallest absolute Gasteiger partial charge is 0.274 e. The first-order chi connectivity index (χ1) is 11.2. The highest BCUT2D eigenvalue weighted by Gasteiger charge is 2.07. The molecule has 0 aliphatic heterocycles. The molecule has 6 heteroatoms. The number of rotatable bonds is 5. The summed E-state index contributed by atoms with van der Waals surface area (Å²) in [7, 11) is 0. The lowest BCUT2D eigenvalue weighted by Gasteiger charge is -2.07. The van der Waals surface area contributed by atoms with E-state index in [1.54, 1.807) is 18.5 Å². The van der Waals surface area contributed by atoms with Crippen molar-refractivity contribution in [1.82, 2.24) is 4.98 Å². The summed E-state index contributed by atoms with van der Waals surface area (Å²) in [6.45, 7) is 0.569. The van der Waals surface area contributed by atoms with Gasteiger partial charge in [0.1, 0.15) is 11.5 Å². The number of amides is 1. The van der Waals surface area contributed by atoms with Crippen molar-refractivity contribution in [1.29, 1.82) is 0 Å². The summed E-state index contributed by atoms with van der Waals surface area (Å²) in [4.78, 5) is 16.3. The van der Waals surface area contributed by atoms with Crippen LogP contribution in [0.5, 0.6) is 0 Å². The second-order valence-electron chi connectivity index (χ2n) is 4.83. The van der Waals surface area contributed by atoms with E-state index in [0.717, 1.165) is 21.6 Å². The van der Waals surface area contributed by atoms with E-state index in [0.29, 0.717) is 12.2 Å². The van der Waals surface area contributed by atoms with Gasteiger partial charge < -0.3 is 15.1 Å². The predicted molar refractivity (Wildman–Crippen MR) is 92.4 cm³/mol. The Hall–Kier alpha value is -2.60. The van der Waals surface area contributed by atoms with Gasteiger partial charge in [-0.2, -0.15) is 0 Å². The molecule has 0 fully saturated rings. The molecular weight excluding hydrogens is 358 g/mol. The van der Waals surface area contributed by atoms with Crippen LogP contribution in [0.4, 0.5) is 11.4 Å². The van der Waals surface area contributed by atoms with Gasteiger partial charge in [0.2, 0.25) is 0 Å². The summed E-state index contributed by atoms with van der Waals surface area (Å²) in [6.07, 6.45) is 3.25. The third-order valence-electron chi connectivity index (χ3n) is 3.15. The molecule has 0 aliphatic rings. The fourth-order valence-electron chi connectivity index (χ4n) is 1.96. The molecule has 5 nitrogen and oxygen atoms in total. The normalized spacial score (nSPS) is 10.3. The maximum atomic E-state index is 12.1. The largest absolute Gasteiger partial charge is 0.467 e. The van der Waals surface area contributed by atoms with E-state index in [1.165, 1.54) is 0 Å². The second-order valence-corrected chi connectivity index (χ2v) is 5.74. The van der Waals surface area contributed by atoms with Crippen molar-refractivity contribution < 1.29 is 9.21 Å². The van der Waals surface area contributed by atoms with Crippen LogP contribution in [0.2, 0.25) is 0 Å². The molecule has 0 saturated carbocycles. The molecule has 1 amide bonds. The molecule has 0 spiro atoms. The highest BCUT2D eigenvalue weighted by atomic mass is 79.9. The SMILES string of the molecule is O=C(Nc1ccc(Br)cc1)c1ccc(NCc2ccco2)cn1. The second kappa shape index (κ2) is 7.11. The van der Waals surface area contributed by atoms with Crippen LogP contribution < -0.4 is 10.6 Å². The number of pyridine rings is 1. The zero-order valence-corrected chi connectivity index (χ0v) is 13.7. The van der Waals surface area contributed by atoms with Gasteiger partial charge in [-0.25, -0.2) is 4.98 Å². The standard InChI is InChI=1S/C17H14BrN3O2/c18-12-3-5-13(6-4-12)21-17(22)16-8-7-14(10-20-16)19-11-15-2-1-9-23-15/h1-10,19H,11H2,(H,21,22). The van der Waals surface area contributed by atoms with Crippen LogP contribution in [0, 0.1) is 0 Å². The van der Waals surface area contributed by atoms with Crippen molar-refractivity contribution in [3.63, 3.8) is 0 Å². The first-order valence-corrected chi connectivity index (χ1v) is 7.79. The molecule has 116 valence electrons. The van der Waals surface area contributed by atoms with E-state index >= 15 is 0 Å². The van der Waals surface area contributed by atoms with Crippen LogP contribution in [-0.4, -0.2) is 10.9 Å². The van der Waals surface area contributed by atoms with Crippen molar-refractivity contribution in [2.75, 3.05) is 10.6 Å². The third kappa shape index (κ3) is 4.20. The number of anilines is 2. The molecule has 1 aromatic carbocycles. The minimum absolute atomic E-state index is 0.245. The molecule has 0 bridgehead atoms. The topological polar surface area (TPSA) is 67.2 Å². The van der Waals surface area contributed by atoms with E-state index in [1.807, 2.05) is 42.5 Å². The van der Waals surface area contributed by atoms with E-state index < -0.39 is 0 Å². The number of halogens is 1. The number of furan rings is 1. The van der Waals surface area contributed by atoms with E-state index in [-0.39, 0.29) is 5.91 Å². The Labute approximate surface area is 141 Å². The number of carbonyl (C=O) groups is 1. The Bertz CT molecular complexity index is 769. The maximum Gasteiger partial charge on any atom is 0.274 e. The van der Waals surface area contributed by atoms with Gasteiger partial charge in [0.25, 0.3) is 5.91 Å². The number of hydrogen-bond donors (Lipinski definition) is 2. The van der Waals surface area contributed by atoms with Crippen molar-refractivity contribution in [2.45, 2.75) is 6.54 Å². The Morgan fingerprint density at radius 2 is 1.87 bits per heavy atom. The number of nitrogens with zero attached hydrogens (tertiary/aromatic N) is 1. The molecule has 2 aromatic heterocycles. The van der Waals surface area contributed by atoms with Crippen molar-refractivity contribution in [3.8, 4) is 0 Å². The summed E-state index contributed by atoms with van der Waals surface area (Å²) < 4.78 is 6.20. The minimum Gasteiger partial charge on any atom is -0.467 e. The van der Waals surface area contributed by atoms with Gasteiger partial charge in [-0.05, 0) is 48.5 Å². The molecule has 2 N–H and O–H groups in total. The number of carbonyl (C=O) groups excluding carboxylic acids is 1. The van der Waals surface area contributed by atoms with Crippen LogP contribution in [0.3, 0.4) is 0 Å². The van der Waals surface area contributed by atoms with Gasteiger partial charge in [-0.15, -0.1) is 0 Å². The van der Waals surface area contributed by atoms with Crippen molar-refractivity contribution in [3.05, 3.63) is 76.9 Å². The van der Waals surface area contributed by atoms with Gasteiger partial charge in [0.05, 0.1) is 24.7 Å². The lowest BCUT2D eigenvalue weighted by atomic mass is 10.3. The molecule has 0 radical (unpaired) electrons. The monoisotopic (exact) mass is 371 g/mol. The van der Waals surface area contributed by atoms with Crippen LogP contribution in [-0.2, 0) is 6.54 Å². The fourth-order valence-corrected chi connectivity index (χ4v) is 2.23. The Kier molecular flexibility index (Phi) is 4.73. The van der Waals surface area contributed by atoms with E-state index in [4.69, 9.17) is 4.42 Å². The van der Waals surface area contributed by atoms with Crippen LogP contribution in [0.15, 0.2) is 69.9 Å². The molecule has 0 aliphatic carbocycles. The van der Waals surface area contributed by atoms with Crippen molar-refractivity contribution in [2.24, 2.45) is 0 Å². The van der Waals surface area contributed by atoms with Gasteiger partial charge in [0.15, 0.2) is 0 Å². The average molecular weight is 372 g/mol. The molecule has 2 heterocycles. The first kappa shape index (κ1) is 15.3. The highest BCUT2D eigenvalue weighted by molar-refractivity contribution is 9.10. The highest BCUT2D eigenvalue weighted by Crippen LogP contribution is 2.15. The molecule has 0 atom stereocenters. The number of hydrogen-bond acceptors (Lipinski definition) is 4. The first-order valence-electron chi connectivity index (χ1n) is 7.00. The van der Waals surface area contributed by atoms with E-state index in [2.05, 4.69) is 31.5 Å². The molecule has 0 saturated heterocycles. The number of nitrogens with one attached hydrogen (secondary N) is 2. The lowest BCUT2D eigenvalue weighted by Crippen LogP contribution is -2.13.